The fourth-order valence-electron chi connectivity index (χ4n) is 2.28. The first-order chi connectivity index (χ1) is 8.86. The average molecular weight is 265 g/mol. The minimum Gasteiger partial charge on any atom is -0.314 e. The molecule has 0 saturated heterocycles. The van der Waals surface area contributed by atoms with E-state index in [-0.39, 0.29) is 0 Å². The Balaban J connectivity index is 2.62. The Labute approximate surface area is 118 Å². The number of aryl methyl sites for hydroxylation is 1. The highest BCUT2D eigenvalue weighted by Crippen LogP contribution is 2.29. The zero-order chi connectivity index (χ0) is 14.5. The lowest BCUT2D eigenvalue weighted by atomic mass is 9.78. The third-order valence-corrected chi connectivity index (χ3v) is 4.10. The summed E-state index contributed by atoms with van der Waals surface area (Å²) in [5, 5.41) is 7.99. The number of nitrogens with one attached hydrogen (secondary N) is 1. The molecule has 0 radical (unpaired) electrons. The zero-order valence-corrected chi connectivity index (χ0v) is 13.5. The van der Waals surface area contributed by atoms with Crippen molar-refractivity contribution in [3.63, 3.8) is 0 Å². The molecule has 1 aromatic rings. The van der Waals surface area contributed by atoms with Crippen LogP contribution in [0, 0.1) is 11.3 Å². The molecule has 1 heterocycles. The number of hydrogen-bond donors (Lipinski definition) is 1. The van der Waals surface area contributed by atoms with Gasteiger partial charge in [-0.05, 0) is 43.2 Å². The molecule has 0 spiro atoms. The van der Waals surface area contributed by atoms with E-state index in [1.807, 2.05) is 10.9 Å². The SMILES string of the molecule is CCNC(Cc1cnn(CC)c1)CC(C)C(C)(C)C. The Bertz CT molecular complexity index is 362. The third kappa shape index (κ3) is 5.35. The Kier molecular flexibility index (Phi) is 6.05. The number of likely N-dealkylation sites (N-methyl/N-ethyl adjacent to an activating group) is 1. The molecule has 19 heavy (non-hydrogen) atoms. The molecule has 0 aliphatic carbocycles. The van der Waals surface area contributed by atoms with Gasteiger partial charge < -0.3 is 5.32 Å². The summed E-state index contributed by atoms with van der Waals surface area (Å²) in [6.07, 6.45) is 6.48. The summed E-state index contributed by atoms with van der Waals surface area (Å²) in [5.41, 5.74) is 1.72. The molecule has 0 saturated carbocycles. The van der Waals surface area contributed by atoms with Gasteiger partial charge >= 0.3 is 0 Å². The molecule has 1 N–H and O–H groups in total. The minimum absolute atomic E-state index is 0.376. The molecule has 0 aromatic carbocycles. The van der Waals surface area contributed by atoms with E-state index in [1.54, 1.807) is 0 Å². The molecule has 0 fully saturated rings. The number of nitrogens with zero attached hydrogens (tertiary/aromatic N) is 2. The molecule has 3 heteroatoms. The summed E-state index contributed by atoms with van der Waals surface area (Å²) in [6, 6.07) is 0.550. The van der Waals surface area contributed by atoms with Gasteiger partial charge in [0, 0.05) is 18.8 Å². The van der Waals surface area contributed by atoms with Crippen molar-refractivity contribution < 1.29 is 0 Å². The van der Waals surface area contributed by atoms with Crippen LogP contribution in [0.2, 0.25) is 0 Å². The molecule has 0 aliphatic heterocycles. The van der Waals surface area contributed by atoms with E-state index >= 15 is 0 Å². The lowest BCUT2D eigenvalue weighted by molar-refractivity contribution is 0.222. The molecule has 2 atom stereocenters. The van der Waals surface area contributed by atoms with Crippen molar-refractivity contribution >= 4 is 0 Å². The highest BCUT2D eigenvalue weighted by Gasteiger charge is 2.23. The van der Waals surface area contributed by atoms with Crippen LogP contribution in [0.3, 0.4) is 0 Å². The Morgan fingerprint density at radius 1 is 1.32 bits per heavy atom. The highest BCUT2D eigenvalue weighted by atomic mass is 15.3. The van der Waals surface area contributed by atoms with Gasteiger partial charge in [0.15, 0.2) is 0 Å². The molecule has 0 bridgehead atoms. The van der Waals surface area contributed by atoms with Gasteiger partial charge in [-0.25, -0.2) is 0 Å². The summed E-state index contributed by atoms with van der Waals surface area (Å²) >= 11 is 0. The molecular weight excluding hydrogens is 234 g/mol. The number of aromatic nitrogens is 2. The summed E-state index contributed by atoms with van der Waals surface area (Å²) in [4.78, 5) is 0. The molecule has 3 nitrogen and oxygen atoms in total. The van der Waals surface area contributed by atoms with Crippen LogP contribution in [0.5, 0.6) is 0 Å². The van der Waals surface area contributed by atoms with Crippen molar-refractivity contribution in [1.82, 2.24) is 15.1 Å². The first kappa shape index (κ1) is 16.2. The van der Waals surface area contributed by atoms with E-state index in [4.69, 9.17) is 0 Å². The molecule has 0 aliphatic rings. The first-order valence-corrected chi connectivity index (χ1v) is 7.61. The van der Waals surface area contributed by atoms with Gasteiger partial charge in [0.2, 0.25) is 0 Å². The van der Waals surface area contributed by atoms with Crippen LogP contribution in [0.25, 0.3) is 0 Å². The lowest BCUT2D eigenvalue weighted by Crippen LogP contribution is -2.35. The average Bonchev–Trinajstić information content (AvgIpc) is 2.75. The fraction of sp³-hybridized carbons (Fsp3) is 0.812. The van der Waals surface area contributed by atoms with E-state index < -0.39 is 0 Å². The standard InChI is InChI=1S/C16H31N3/c1-7-17-15(9-13(3)16(4,5)6)10-14-11-18-19(8-2)12-14/h11-13,15,17H,7-10H2,1-6H3. The summed E-state index contributed by atoms with van der Waals surface area (Å²) < 4.78 is 2.01. The predicted octanol–water partition coefficient (Wildman–Crippen LogP) is 3.50. The summed E-state index contributed by atoms with van der Waals surface area (Å²) in [7, 11) is 0. The van der Waals surface area contributed by atoms with Gasteiger partial charge in [-0.1, -0.05) is 34.6 Å². The van der Waals surface area contributed by atoms with Crippen LogP contribution in [-0.2, 0) is 13.0 Å². The quantitative estimate of drug-likeness (QED) is 0.818. The van der Waals surface area contributed by atoms with Crippen molar-refractivity contribution in [2.75, 3.05) is 6.54 Å². The Morgan fingerprint density at radius 3 is 2.47 bits per heavy atom. The fourth-order valence-corrected chi connectivity index (χ4v) is 2.28. The van der Waals surface area contributed by atoms with Crippen LogP contribution in [0.4, 0.5) is 0 Å². The third-order valence-electron chi connectivity index (χ3n) is 4.10. The van der Waals surface area contributed by atoms with Crippen molar-refractivity contribution in [3.8, 4) is 0 Å². The summed E-state index contributed by atoms with van der Waals surface area (Å²) in [5.74, 6) is 0.706. The van der Waals surface area contributed by atoms with Crippen LogP contribution in [-0.4, -0.2) is 22.4 Å². The maximum atomic E-state index is 4.36. The van der Waals surface area contributed by atoms with Gasteiger partial charge in [-0.15, -0.1) is 0 Å². The molecule has 110 valence electrons. The molecule has 0 amide bonds. The number of hydrogen-bond acceptors (Lipinski definition) is 2. The largest absolute Gasteiger partial charge is 0.314 e. The second-order valence-corrected chi connectivity index (χ2v) is 6.67. The monoisotopic (exact) mass is 265 g/mol. The zero-order valence-electron chi connectivity index (χ0n) is 13.5. The van der Waals surface area contributed by atoms with Crippen LogP contribution in [0.1, 0.15) is 53.5 Å². The van der Waals surface area contributed by atoms with Crippen molar-refractivity contribution in [2.45, 2.75) is 67.0 Å². The van der Waals surface area contributed by atoms with E-state index in [2.05, 4.69) is 58.2 Å². The molecule has 2 unspecified atom stereocenters. The van der Waals surface area contributed by atoms with E-state index in [0.29, 0.717) is 17.4 Å². The van der Waals surface area contributed by atoms with Gasteiger partial charge in [-0.3, -0.25) is 4.68 Å². The molecule has 1 rings (SSSR count). The summed E-state index contributed by atoms with van der Waals surface area (Å²) in [6.45, 7) is 15.6. The first-order valence-electron chi connectivity index (χ1n) is 7.61. The molecule has 1 aromatic heterocycles. The predicted molar refractivity (Wildman–Crippen MR) is 82.3 cm³/mol. The van der Waals surface area contributed by atoms with Crippen LogP contribution in [0.15, 0.2) is 12.4 Å². The minimum atomic E-state index is 0.376. The maximum Gasteiger partial charge on any atom is 0.0522 e. The van der Waals surface area contributed by atoms with Gasteiger partial charge in [-0.2, -0.15) is 5.10 Å². The van der Waals surface area contributed by atoms with E-state index in [1.165, 1.54) is 12.0 Å². The second kappa shape index (κ2) is 7.09. The van der Waals surface area contributed by atoms with E-state index in [0.717, 1.165) is 19.5 Å². The van der Waals surface area contributed by atoms with Crippen molar-refractivity contribution in [3.05, 3.63) is 18.0 Å². The maximum absolute atomic E-state index is 4.36. The van der Waals surface area contributed by atoms with Crippen molar-refractivity contribution in [1.29, 1.82) is 0 Å². The topological polar surface area (TPSA) is 29.9 Å². The molecular formula is C16H31N3. The van der Waals surface area contributed by atoms with E-state index in [9.17, 15) is 0 Å². The Hall–Kier alpha value is -0.830. The lowest BCUT2D eigenvalue weighted by Gasteiger charge is -2.31. The normalized spacial score (nSPS) is 15.5. The Morgan fingerprint density at radius 2 is 2.00 bits per heavy atom. The number of rotatable bonds is 7. The van der Waals surface area contributed by atoms with Gasteiger partial charge in [0.25, 0.3) is 0 Å². The smallest absolute Gasteiger partial charge is 0.0522 e. The van der Waals surface area contributed by atoms with Crippen LogP contribution >= 0.6 is 0 Å². The second-order valence-electron chi connectivity index (χ2n) is 6.67. The van der Waals surface area contributed by atoms with Crippen molar-refractivity contribution in [2.24, 2.45) is 11.3 Å². The van der Waals surface area contributed by atoms with Gasteiger partial charge in [0.05, 0.1) is 6.20 Å². The van der Waals surface area contributed by atoms with Crippen LogP contribution < -0.4 is 5.32 Å². The highest BCUT2D eigenvalue weighted by molar-refractivity contribution is 5.06. The van der Waals surface area contributed by atoms with Gasteiger partial charge in [0.1, 0.15) is 0 Å².